The quantitative estimate of drug-likeness (QED) is 0.840. The number of nitrogens with zero attached hydrogens (tertiary/aromatic N) is 2. The van der Waals surface area contributed by atoms with E-state index in [-0.39, 0.29) is 0 Å². The number of hydrogen-bond donors (Lipinski definition) is 1. The van der Waals surface area contributed by atoms with Crippen LogP contribution in [0.3, 0.4) is 0 Å². The fourth-order valence-corrected chi connectivity index (χ4v) is 2.22. The van der Waals surface area contributed by atoms with Crippen LogP contribution in [0.15, 0.2) is 18.3 Å². The van der Waals surface area contributed by atoms with Gasteiger partial charge in [0.25, 0.3) is 0 Å². The molecule has 1 aromatic rings. The van der Waals surface area contributed by atoms with E-state index in [1.54, 1.807) is 0 Å². The van der Waals surface area contributed by atoms with Gasteiger partial charge in [0, 0.05) is 12.6 Å². The number of aliphatic hydroxyl groups is 1. The van der Waals surface area contributed by atoms with Crippen molar-refractivity contribution in [3.8, 4) is 0 Å². The second kappa shape index (κ2) is 5.70. The first kappa shape index (κ1) is 13.3. The first-order valence-electron chi connectivity index (χ1n) is 7.02. The summed E-state index contributed by atoms with van der Waals surface area (Å²) in [5, 5.41) is 9.75. The molecular formula is C15H24N2O. The van der Waals surface area contributed by atoms with Gasteiger partial charge >= 0.3 is 0 Å². The lowest BCUT2D eigenvalue weighted by molar-refractivity contribution is 0.169. The first-order valence-corrected chi connectivity index (χ1v) is 7.02. The molecule has 1 N–H and O–H groups in total. The van der Waals surface area contributed by atoms with E-state index in [0.29, 0.717) is 18.4 Å². The van der Waals surface area contributed by atoms with Crippen LogP contribution in [0.4, 0.5) is 5.69 Å². The minimum absolute atomic E-state index is 0.432. The van der Waals surface area contributed by atoms with Crippen LogP contribution >= 0.6 is 0 Å². The summed E-state index contributed by atoms with van der Waals surface area (Å²) in [6, 6.07) is 4.76. The minimum Gasteiger partial charge on any atom is -0.387 e. The Kier molecular flexibility index (Phi) is 4.23. The van der Waals surface area contributed by atoms with Gasteiger partial charge in [0.05, 0.1) is 23.7 Å². The van der Waals surface area contributed by atoms with Crippen molar-refractivity contribution >= 4 is 5.69 Å². The molecule has 1 unspecified atom stereocenters. The van der Waals surface area contributed by atoms with E-state index in [2.05, 4.69) is 29.8 Å². The van der Waals surface area contributed by atoms with Gasteiger partial charge in [-0.15, -0.1) is 0 Å². The molecule has 3 nitrogen and oxygen atoms in total. The van der Waals surface area contributed by atoms with E-state index in [1.807, 2.05) is 19.2 Å². The van der Waals surface area contributed by atoms with E-state index in [9.17, 15) is 5.11 Å². The van der Waals surface area contributed by atoms with Crippen molar-refractivity contribution in [2.24, 2.45) is 5.92 Å². The number of rotatable bonds is 6. The number of aromatic nitrogens is 1. The maximum absolute atomic E-state index is 9.75. The van der Waals surface area contributed by atoms with Crippen molar-refractivity contribution in [3.63, 3.8) is 0 Å². The lowest BCUT2D eigenvalue weighted by atomic mass is 10.1. The van der Waals surface area contributed by atoms with Gasteiger partial charge in [-0.25, -0.2) is 0 Å². The summed E-state index contributed by atoms with van der Waals surface area (Å²) in [4.78, 5) is 6.85. The average molecular weight is 248 g/mol. The van der Waals surface area contributed by atoms with Crippen LogP contribution in [0.1, 0.15) is 51.8 Å². The van der Waals surface area contributed by atoms with E-state index in [1.165, 1.54) is 18.5 Å². The standard InChI is InChI=1S/C15H24N2O/c1-4-15(18)14-8-7-13(9-16-14)17(10-11(2)3)12-5-6-12/h7-9,11-12,15,18H,4-6,10H2,1-3H3. The highest BCUT2D eigenvalue weighted by atomic mass is 16.3. The molecule has 0 saturated heterocycles. The molecule has 3 heteroatoms. The second-order valence-electron chi connectivity index (χ2n) is 5.64. The zero-order valence-electron chi connectivity index (χ0n) is 11.6. The summed E-state index contributed by atoms with van der Waals surface area (Å²) in [5.74, 6) is 0.659. The molecule has 2 rings (SSSR count). The number of aliphatic hydroxyl groups excluding tert-OH is 1. The lowest BCUT2D eigenvalue weighted by Gasteiger charge is -2.26. The van der Waals surface area contributed by atoms with Crippen molar-refractivity contribution in [2.75, 3.05) is 11.4 Å². The summed E-state index contributed by atoms with van der Waals surface area (Å²) in [6.07, 6.45) is 4.79. The van der Waals surface area contributed by atoms with E-state index in [0.717, 1.165) is 12.2 Å². The normalized spacial score (nSPS) is 16.9. The molecule has 0 aromatic carbocycles. The third-order valence-electron chi connectivity index (χ3n) is 3.38. The van der Waals surface area contributed by atoms with Crippen molar-refractivity contribution in [1.29, 1.82) is 0 Å². The van der Waals surface area contributed by atoms with Gasteiger partial charge in [0.1, 0.15) is 0 Å². The smallest absolute Gasteiger partial charge is 0.0957 e. The molecule has 0 radical (unpaired) electrons. The first-order chi connectivity index (χ1) is 8.61. The zero-order chi connectivity index (χ0) is 13.1. The van der Waals surface area contributed by atoms with Gasteiger partial charge in [0.15, 0.2) is 0 Å². The van der Waals surface area contributed by atoms with Crippen LogP contribution in [0, 0.1) is 5.92 Å². The van der Waals surface area contributed by atoms with Gasteiger partial charge in [0.2, 0.25) is 0 Å². The van der Waals surface area contributed by atoms with Crippen LogP contribution in [0.5, 0.6) is 0 Å². The van der Waals surface area contributed by atoms with Crippen LogP contribution in [0.25, 0.3) is 0 Å². The summed E-state index contributed by atoms with van der Waals surface area (Å²) in [6.45, 7) is 7.55. The fourth-order valence-electron chi connectivity index (χ4n) is 2.22. The number of anilines is 1. The van der Waals surface area contributed by atoms with Crippen molar-refractivity contribution < 1.29 is 5.11 Å². The molecule has 1 fully saturated rings. The SMILES string of the molecule is CCC(O)c1ccc(N(CC(C)C)C2CC2)cn1. The Labute approximate surface area is 110 Å². The Morgan fingerprint density at radius 3 is 2.56 bits per heavy atom. The topological polar surface area (TPSA) is 36.4 Å². The molecule has 1 aliphatic rings. The summed E-state index contributed by atoms with van der Waals surface area (Å²) in [7, 11) is 0. The minimum atomic E-state index is -0.432. The van der Waals surface area contributed by atoms with Crippen molar-refractivity contribution in [2.45, 2.75) is 52.2 Å². The van der Waals surface area contributed by atoms with Gasteiger partial charge in [-0.05, 0) is 37.3 Å². The highest BCUT2D eigenvalue weighted by molar-refractivity contribution is 5.47. The van der Waals surface area contributed by atoms with E-state index < -0.39 is 6.10 Å². The molecule has 0 bridgehead atoms. The highest BCUT2D eigenvalue weighted by Gasteiger charge is 2.29. The predicted molar refractivity (Wildman–Crippen MR) is 74.7 cm³/mol. The molecule has 1 atom stereocenters. The molecular weight excluding hydrogens is 224 g/mol. The Balaban J connectivity index is 2.10. The Bertz CT molecular complexity index is 371. The second-order valence-corrected chi connectivity index (χ2v) is 5.64. The summed E-state index contributed by atoms with van der Waals surface area (Å²) >= 11 is 0. The largest absolute Gasteiger partial charge is 0.387 e. The third kappa shape index (κ3) is 3.22. The fraction of sp³-hybridized carbons (Fsp3) is 0.667. The third-order valence-corrected chi connectivity index (χ3v) is 3.38. The summed E-state index contributed by atoms with van der Waals surface area (Å²) in [5.41, 5.74) is 1.97. The Morgan fingerprint density at radius 2 is 2.11 bits per heavy atom. The zero-order valence-corrected chi connectivity index (χ0v) is 11.6. The lowest BCUT2D eigenvalue weighted by Crippen LogP contribution is -2.29. The molecule has 1 heterocycles. The molecule has 0 aliphatic heterocycles. The van der Waals surface area contributed by atoms with Crippen LogP contribution in [0.2, 0.25) is 0 Å². The maximum Gasteiger partial charge on any atom is 0.0957 e. The molecule has 1 aliphatic carbocycles. The average Bonchev–Trinajstić information content (AvgIpc) is 3.19. The van der Waals surface area contributed by atoms with Crippen LogP contribution < -0.4 is 4.90 Å². The molecule has 100 valence electrons. The van der Waals surface area contributed by atoms with E-state index in [4.69, 9.17) is 0 Å². The monoisotopic (exact) mass is 248 g/mol. The van der Waals surface area contributed by atoms with Crippen LogP contribution in [-0.2, 0) is 0 Å². The maximum atomic E-state index is 9.75. The number of hydrogen-bond acceptors (Lipinski definition) is 3. The Morgan fingerprint density at radius 1 is 1.39 bits per heavy atom. The number of pyridine rings is 1. The molecule has 0 spiro atoms. The van der Waals surface area contributed by atoms with Gasteiger partial charge in [-0.1, -0.05) is 20.8 Å². The predicted octanol–water partition coefficient (Wildman–Crippen LogP) is 3.15. The van der Waals surface area contributed by atoms with Crippen molar-refractivity contribution in [3.05, 3.63) is 24.0 Å². The molecule has 0 amide bonds. The highest BCUT2D eigenvalue weighted by Crippen LogP contribution is 2.32. The molecule has 1 saturated carbocycles. The van der Waals surface area contributed by atoms with Crippen LogP contribution in [-0.4, -0.2) is 22.7 Å². The van der Waals surface area contributed by atoms with Gasteiger partial charge in [-0.3, -0.25) is 4.98 Å². The summed E-state index contributed by atoms with van der Waals surface area (Å²) < 4.78 is 0. The Hall–Kier alpha value is -1.09. The van der Waals surface area contributed by atoms with E-state index >= 15 is 0 Å². The van der Waals surface area contributed by atoms with Gasteiger partial charge < -0.3 is 10.0 Å². The van der Waals surface area contributed by atoms with Gasteiger partial charge in [-0.2, -0.15) is 0 Å². The molecule has 18 heavy (non-hydrogen) atoms. The van der Waals surface area contributed by atoms with Crippen molar-refractivity contribution in [1.82, 2.24) is 4.98 Å². The molecule has 1 aromatic heterocycles.